The van der Waals surface area contributed by atoms with Crippen molar-refractivity contribution in [1.29, 1.82) is 0 Å². The molecule has 0 aliphatic carbocycles. The van der Waals surface area contributed by atoms with Crippen LogP contribution in [0.1, 0.15) is 80.6 Å². The van der Waals surface area contributed by atoms with Gasteiger partial charge in [0.1, 0.15) is 0 Å². The normalized spacial score (nSPS) is 15.0. The molecule has 0 amide bonds. The second-order valence-corrected chi connectivity index (χ2v) is 7.18. The van der Waals surface area contributed by atoms with Gasteiger partial charge in [0.15, 0.2) is 5.78 Å². The number of hydrogen-bond donors (Lipinski definition) is 0. The highest BCUT2D eigenvalue weighted by atomic mass is 16.5. The Morgan fingerprint density at radius 3 is 2.46 bits per heavy atom. The number of carbonyl (C=O) groups is 2. The van der Waals surface area contributed by atoms with Crippen LogP contribution >= 0.6 is 0 Å². The number of likely N-dealkylation sites (tertiary alicyclic amines) is 1. The van der Waals surface area contributed by atoms with E-state index in [0.717, 1.165) is 37.8 Å². The molecule has 0 radical (unpaired) electrons. The molecule has 26 heavy (non-hydrogen) atoms. The summed E-state index contributed by atoms with van der Waals surface area (Å²) in [5, 5.41) is 0. The molecule has 1 heterocycles. The standard InChI is InChI=1S/C22H33NO3/c1-2-26-22(25)14-7-4-3-6-13-21(24)20-12-10-11-19(17-20)18-23-15-8-5-9-16-23/h10-12,17H,2-9,13-16,18H2,1H3. The number of piperidine rings is 1. The number of carbonyl (C=O) groups excluding carboxylic acids is 2. The summed E-state index contributed by atoms with van der Waals surface area (Å²) in [4.78, 5) is 26.2. The van der Waals surface area contributed by atoms with Crippen molar-refractivity contribution in [2.24, 2.45) is 0 Å². The predicted octanol–water partition coefficient (Wildman–Crippen LogP) is 4.76. The van der Waals surface area contributed by atoms with Crippen LogP contribution in [-0.4, -0.2) is 36.3 Å². The fourth-order valence-corrected chi connectivity index (χ4v) is 3.50. The Kier molecular flexibility index (Phi) is 9.40. The van der Waals surface area contributed by atoms with Gasteiger partial charge in [0, 0.05) is 24.9 Å². The van der Waals surface area contributed by atoms with Crippen molar-refractivity contribution < 1.29 is 14.3 Å². The number of esters is 1. The van der Waals surface area contributed by atoms with Crippen LogP contribution in [0.4, 0.5) is 0 Å². The molecule has 0 aromatic heterocycles. The Morgan fingerprint density at radius 2 is 1.73 bits per heavy atom. The molecular weight excluding hydrogens is 326 g/mol. The third kappa shape index (κ3) is 7.69. The summed E-state index contributed by atoms with van der Waals surface area (Å²) >= 11 is 0. The van der Waals surface area contributed by atoms with E-state index >= 15 is 0 Å². The highest BCUT2D eigenvalue weighted by molar-refractivity contribution is 5.96. The number of nitrogens with zero attached hydrogens (tertiary/aromatic N) is 1. The number of rotatable bonds is 11. The van der Waals surface area contributed by atoms with Gasteiger partial charge >= 0.3 is 5.97 Å². The van der Waals surface area contributed by atoms with Crippen LogP contribution in [0.25, 0.3) is 0 Å². The maximum absolute atomic E-state index is 12.4. The number of unbranched alkanes of at least 4 members (excludes halogenated alkanes) is 3. The highest BCUT2D eigenvalue weighted by Gasteiger charge is 2.12. The van der Waals surface area contributed by atoms with E-state index in [9.17, 15) is 9.59 Å². The van der Waals surface area contributed by atoms with E-state index in [0.29, 0.717) is 19.4 Å². The smallest absolute Gasteiger partial charge is 0.305 e. The monoisotopic (exact) mass is 359 g/mol. The topological polar surface area (TPSA) is 46.6 Å². The summed E-state index contributed by atoms with van der Waals surface area (Å²) in [6.07, 6.45) is 8.68. The molecule has 144 valence electrons. The van der Waals surface area contributed by atoms with Gasteiger partial charge in [0.25, 0.3) is 0 Å². The van der Waals surface area contributed by atoms with E-state index in [-0.39, 0.29) is 11.8 Å². The number of Topliss-reactive ketones (excluding diaryl/α,β-unsaturated/α-hetero) is 1. The van der Waals surface area contributed by atoms with Crippen molar-refractivity contribution >= 4 is 11.8 Å². The summed E-state index contributed by atoms with van der Waals surface area (Å²) in [5.74, 6) is 0.116. The molecule has 1 aromatic carbocycles. The maximum Gasteiger partial charge on any atom is 0.305 e. The van der Waals surface area contributed by atoms with Crippen LogP contribution in [0.5, 0.6) is 0 Å². The minimum absolute atomic E-state index is 0.117. The molecule has 1 fully saturated rings. The summed E-state index contributed by atoms with van der Waals surface area (Å²) in [6.45, 7) is 5.57. The summed E-state index contributed by atoms with van der Waals surface area (Å²) in [7, 11) is 0. The zero-order chi connectivity index (χ0) is 18.6. The lowest BCUT2D eigenvalue weighted by Crippen LogP contribution is -2.29. The Labute approximate surface area is 157 Å². The van der Waals surface area contributed by atoms with Gasteiger partial charge in [-0.05, 0) is 57.3 Å². The first kappa shape index (κ1) is 20.6. The largest absolute Gasteiger partial charge is 0.466 e. The number of benzene rings is 1. The van der Waals surface area contributed by atoms with E-state index < -0.39 is 0 Å². The van der Waals surface area contributed by atoms with Crippen LogP contribution in [0, 0.1) is 0 Å². The van der Waals surface area contributed by atoms with Gasteiger partial charge in [-0.15, -0.1) is 0 Å². The van der Waals surface area contributed by atoms with Gasteiger partial charge in [-0.3, -0.25) is 14.5 Å². The molecule has 1 aliphatic rings. The number of ether oxygens (including phenoxy) is 1. The maximum atomic E-state index is 12.4. The quantitative estimate of drug-likeness (QED) is 0.325. The Bertz CT molecular complexity index is 564. The molecular formula is C22H33NO3. The molecule has 0 saturated carbocycles. The predicted molar refractivity (Wildman–Crippen MR) is 104 cm³/mol. The van der Waals surface area contributed by atoms with Crippen molar-refractivity contribution in [3.63, 3.8) is 0 Å². The van der Waals surface area contributed by atoms with Gasteiger partial charge in [0.05, 0.1) is 6.61 Å². The summed E-state index contributed by atoms with van der Waals surface area (Å²) in [6, 6.07) is 8.13. The van der Waals surface area contributed by atoms with Gasteiger partial charge in [-0.25, -0.2) is 0 Å². The van der Waals surface area contributed by atoms with E-state index in [1.165, 1.54) is 37.9 Å². The van der Waals surface area contributed by atoms with Crippen molar-refractivity contribution in [2.75, 3.05) is 19.7 Å². The molecule has 0 spiro atoms. The fraction of sp³-hybridized carbons (Fsp3) is 0.636. The zero-order valence-electron chi connectivity index (χ0n) is 16.2. The second-order valence-electron chi connectivity index (χ2n) is 7.18. The molecule has 1 aromatic rings. The lowest BCUT2D eigenvalue weighted by atomic mass is 10.0. The Balaban J connectivity index is 1.67. The SMILES string of the molecule is CCOC(=O)CCCCCCC(=O)c1cccc(CN2CCCCC2)c1. The fourth-order valence-electron chi connectivity index (χ4n) is 3.50. The summed E-state index contributed by atoms with van der Waals surface area (Å²) in [5.41, 5.74) is 2.08. The molecule has 0 atom stereocenters. The second kappa shape index (κ2) is 11.8. The molecule has 4 heteroatoms. The summed E-state index contributed by atoms with van der Waals surface area (Å²) < 4.78 is 4.91. The van der Waals surface area contributed by atoms with Crippen molar-refractivity contribution in [1.82, 2.24) is 4.90 Å². The molecule has 4 nitrogen and oxygen atoms in total. The van der Waals surface area contributed by atoms with Crippen molar-refractivity contribution in [2.45, 2.75) is 71.3 Å². The number of ketones is 1. The first-order valence-electron chi connectivity index (χ1n) is 10.2. The first-order chi connectivity index (χ1) is 12.7. The molecule has 1 aliphatic heterocycles. The van der Waals surface area contributed by atoms with Gasteiger partial charge < -0.3 is 4.74 Å². The van der Waals surface area contributed by atoms with E-state index in [1.54, 1.807) is 0 Å². The zero-order valence-corrected chi connectivity index (χ0v) is 16.2. The van der Waals surface area contributed by atoms with Gasteiger partial charge in [0.2, 0.25) is 0 Å². The third-order valence-corrected chi connectivity index (χ3v) is 4.94. The van der Waals surface area contributed by atoms with Crippen molar-refractivity contribution in [3.05, 3.63) is 35.4 Å². The average Bonchev–Trinajstić information content (AvgIpc) is 2.65. The third-order valence-electron chi connectivity index (χ3n) is 4.94. The van der Waals surface area contributed by atoms with E-state index in [1.807, 2.05) is 19.1 Å². The number of hydrogen-bond acceptors (Lipinski definition) is 4. The first-order valence-corrected chi connectivity index (χ1v) is 10.2. The molecule has 0 bridgehead atoms. The van der Waals surface area contributed by atoms with Crippen LogP contribution in [-0.2, 0) is 16.1 Å². The lowest BCUT2D eigenvalue weighted by molar-refractivity contribution is -0.143. The Hall–Kier alpha value is -1.68. The van der Waals surface area contributed by atoms with Crippen LogP contribution in [0.15, 0.2) is 24.3 Å². The minimum Gasteiger partial charge on any atom is -0.466 e. The van der Waals surface area contributed by atoms with E-state index in [4.69, 9.17) is 4.74 Å². The van der Waals surface area contributed by atoms with E-state index in [2.05, 4.69) is 17.0 Å². The average molecular weight is 360 g/mol. The molecule has 1 saturated heterocycles. The van der Waals surface area contributed by atoms with Gasteiger partial charge in [-0.2, -0.15) is 0 Å². The van der Waals surface area contributed by atoms with Crippen LogP contribution in [0.2, 0.25) is 0 Å². The Morgan fingerprint density at radius 1 is 1.00 bits per heavy atom. The van der Waals surface area contributed by atoms with Crippen molar-refractivity contribution in [3.8, 4) is 0 Å². The van der Waals surface area contributed by atoms with Gasteiger partial charge in [-0.1, -0.05) is 37.5 Å². The molecule has 0 N–H and O–H groups in total. The highest BCUT2D eigenvalue weighted by Crippen LogP contribution is 2.16. The lowest BCUT2D eigenvalue weighted by Gasteiger charge is -2.26. The van der Waals surface area contributed by atoms with Crippen LogP contribution < -0.4 is 0 Å². The molecule has 2 rings (SSSR count). The van der Waals surface area contributed by atoms with Crippen LogP contribution in [0.3, 0.4) is 0 Å². The minimum atomic E-state index is -0.117. The molecule has 0 unspecified atom stereocenters.